The molecule has 106 valence electrons. The Bertz CT molecular complexity index is 641. The molecule has 0 unspecified atom stereocenters. The van der Waals surface area contributed by atoms with E-state index in [4.69, 9.17) is 9.52 Å². The molecule has 5 nitrogen and oxygen atoms in total. The van der Waals surface area contributed by atoms with Crippen LogP contribution in [0.1, 0.15) is 45.2 Å². The summed E-state index contributed by atoms with van der Waals surface area (Å²) in [4.78, 5) is 24.3. The van der Waals surface area contributed by atoms with Gasteiger partial charge in [-0.1, -0.05) is 13.8 Å². The van der Waals surface area contributed by atoms with Crippen LogP contribution in [-0.2, 0) is 12.8 Å². The van der Waals surface area contributed by atoms with Gasteiger partial charge >= 0.3 is 5.97 Å². The molecular formula is C14H15NO4S. The highest BCUT2D eigenvalue weighted by atomic mass is 32.1. The number of anilines is 1. The van der Waals surface area contributed by atoms with Crippen molar-refractivity contribution in [1.29, 1.82) is 0 Å². The zero-order chi connectivity index (χ0) is 14.7. The summed E-state index contributed by atoms with van der Waals surface area (Å²) in [6.45, 7) is 3.83. The van der Waals surface area contributed by atoms with Gasteiger partial charge in [-0.05, 0) is 18.6 Å². The molecule has 2 aromatic rings. The van der Waals surface area contributed by atoms with Gasteiger partial charge < -0.3 is 14.8 Å². The van der Waals surface area contributed by atoms with Crippen LogP contribution in [0.3, 0.4) is 0 Å². The van der Waals surface area contributed by atoms with Gasteiger partial charge in [0.25, 0.3) is 5.91 Å². The molecule has 0 bridgehead atoms. The highest BCUT2D eigenvalue weighted by Crippen LogP contribution is 2.29. The lowest BCUT2D eigenvalue weighted by atomic mass is 10.2. The Labute approximate surface area is 120 Å². The third kappa shape index (κ3) is 2.75. The summed E-state index contributed by atoms with van der Waals surface area (Å²) >= 11 is 1.28. The maximum atomic E-state index is 12.2. The van der Waals surface area contributed by atoms with E-state index in [9.17, 15) is 9.59 Å². The number of amides is 1. The average molecular weight is 293 g/mol. The van der Waals surface area contributed by atoms with Crippen LogP contribution < -0.4 is 5.32 Å². The third-order valence-electron chi connectivity index (χ3n) is 2.90. The van der Waals surface area contributed by atoms with Gasteiger partial charge in [-0.15, -0.1) is 11.3 Å². The second kappa shape index (κ2) is 5.92. The van der Waals surface area contributed by atoms with Gasteiger partial charge in [-0.2, -0.15) is 0 Å². The number of carbonyl (C=O) groups excluding carboxylic acids is 1. The number of rotatable bonds is 5. The first kappa shape index (κ1) is 14.3. The van der Waals surface area contributed by atoms with Crippen molar-refractivity contribution in [3.63, 3.8) is 0 Å². The zero-order valence-electron chi connectivity index (χ0n) is 11.2. The van der Waals surface area contributed by atoms with Crippen molar-refractivity contribution in [1.82, 2.24) is 0 Å². The standard InChI is InChI=1S/C14H15NO4S/c1-3-8-7-10(14(17)18)13(20-8)15-12(16)9-5-6-19-11(9)4-2/h5-7H,3-4H2,1-2H3,(H,15,16)(H,17,18). The van der Waals surface area contributed by atoms with E-state index in [-0.39, 0.29) is 11.5 Å². The van der Waals surface area contributed by atoms with Crippen LogP contribution in [0.5, 0.6) is 0 Å². The molecule has 2 rings (SSSR count). The first-order valence-electron chi connectivity index (χ1n) is 6.30. The number of aromatic carboxylic acids is 1. The number of furan rings is 1. The Morgan fingerprint density at radius 2 is 2.05 bits per heavy atom. The van der Waals surface area contributed by atoms with E-state index in [0.717, 1.165) is 11.3 Å². The van der Waals surface area contributed by atoms with Gasteiger partial charge in [0.05, 0.1) is 17.4 Å². The van der Waals surface area contributed by atoms with E-state index < -0.39 is 5.97 Å². The van der Waals surface area contributed by atoms with E-state index in [1.807, 2.05) is 13.8 Å². The van der Waals surface area contributed by atoms with Gasteiger partial charge in [0.15, 0.2) is 0 Å². The molecule has 0 aliphatic heterocycles. The molecule has 2 N–H and O–H groups in total. The molecule has 0 aliphatic rings. The quantitative estimate of drug-likeness (QED) is 0.885. The van der Waals surface area contributed by atoms with E-state index in [0.29, 0.717) is 22.7 Å². The van der Waals surface area contributed by atoms with Gasteiger partial charge in [0, 0.05) is 11.3 Å². The molecule has 0 spiro atoms. The van der Waals surface area contributed by atoms with Crippen molar-refractivity contribution in [2.75, 3.05) is 5.32 Å². The van der Waals surface area contributed by atoms with Gasteiger partial charge in [0.1, 0.15) is 10.8 Å². The highest BCUT2D eigenvalue weighted by Gasteiger charge is 2.19. The summed E-state index contributed by atoms with van der Waals surface area (Å²) in [5.74, 6) is -0.798. The molecule has 2 aromatic heterocycles. The fourth-order valence-corrected chi connectivity index (χ4v) is 2.84. The number of carboxylic acids is 1. The minimum atomic E-state index is -1.04. The lowest BCUT2D eigenvalue weighted by Crippen LogP contribution is -2.13. The van der Waals surface area contributed by atoms with Crippen LogP contribution in [0.25, 0.3) is 0 Å². The van der Waals surface area contributed by atoms with Gasteiger partial charge in [-0.3, -0.25) is 4.79 Å². The second-order valence-corrected chi connectivity index (χ2v) is 5.32. The smallest absolute Gasteiger partial charge is 0.338 e. The highest BCUT2D eigenvalue weighted by molar-refractivity contribution is 7.16. The van der Waals surface area contributed by atoms with Crippen LogP contribution in [0, 0.1) is 0 Å². The SMILES string of the molecule is CCc1cc(C(=O)O)c(NC(=O)c2ccoc2CC)s1. The molecule has 0 saturated carbocycles. The molecule has 0 aliphatic carbocycles. The van der Waals surface area contributed by atoms with E-state index in [1.54, 1.807) is 12.1 Å². The fraction of sp³-hybridized carbons (Fsp3) is 0.286. The van der Waals surface area contributed by atoms with Crippen molar-refractivity contribution in [2.45, 2.75) is 26.7 Å². The number of carbonyl (C=O) groups is 2. The lowest BCUT2D eigenvalue weighted by molar-refractivity contribution is 0.0698. The summed E-state index contributed by atoms with van der Waals surface area (Å²) in [5.41, 5.74) is 0.567. The Hall–Kier alpha value is -2.08. The largest absolute Gasteiger partial charge is 0.478 e. The van der Waals surface area contributed by atoms with Crippen molar-refractivity contribution < 1.29 is 19.1 Å². The van der Waals surface area contributed by atoms with Gasteiger partial charge in [-0.25, -0.2) is 4.79 Å². The number of aryl methyl sites for hydroxylation is 2. The van der Waals surface area contributed by atoms with E-state index >= 15 is 0 Å². The molecule has 0 aromatic carbocycles. The normalized spacial score (nSPS) is 10.5. The molecule has 20 heavy (non-hydrogen) atoms. The average Bonchev–Trinajstić information content (AvgIpc) is 3.04. The van der Waals surface area contributed by atoms with Crippen LogP contribution in [-0.4, -0.2) is 17.0 Å². The Balaban J connectivity index is 2.27. The molecule has 0 fully saturated rings. The van der Waals surface area contributed by atoms with Crippen molar-refractivity contribution in [2.24, 2.45) is 0 Å². The monoisotopic (exact) mass is 293 g/mol. The predicted molar refractivity (Wildman–Crippen MR) is 76.7 cm³/mol. The number of thiophene rings is 1. The second-order valence-electron chi connectivity index (χ2n) is 4.18. The zero-order valence-corrected chi connectivity index (χ0v) is 12.0. The number of hydrogen-bond donors (Lipinski definition) is 2. The Morgan fingerprint density at radius 1 is 1.30 bits per heavy atom. The maximum absolute atomic E-state index is 12.2. The molecule has 0 radical (unpaired) electrons. The lowest BCUT2D eigenvalue weighted by Gasteiger charge is -2.03. The minimum Gasteiger partial charge on any atom is -0.478 e. The Morgan fingerprint density at radius 3 is 2.65 bits per heavy atom. The molecule has 0 atom stereocenters. The molecule has 6 heteroatoms. The fourth-order valence-electron chi connectivity index (χ4n) is 1.86. The predicted octanol–water partition coefficient (Wildman–Crippen LogP) is 3.42. The van der Waals surface area contributed by atoms with Crippen molar-refractivity contribution >= 4 is 28.2 Å². The van der Waals surface area contributed by atoms with E-state index in [2.05, 4.69) is 5.32 Å². The molecule has 0 saturated heterocycles. The molecule has 1 amide bonds. The first-order chi connectivity index (χ1) is 9.56. The molecule has 2 heterocycles. The first-order valence-corrected chi connectivity index (χ1v) is 7.12. The summed E-state index contributed by atoms with van der Waals surface area (Å²) in [5, 5.41) is 12.2. The van der Waals surface area contributed by atoms with Crippen LogP contribution in [0.4, 0.5) is 5.00 Å². The minimum absolute atomic E-state index is 0.127. The summed E-state index contributed by atoms with van der Waals surface area (Å²) in [7, 11) is 0. The van der Waals surface area contributed by atoms with Gasteiger partial charge in [0.2, 0.25) is 0 Å². The molecular weight excluding hydrogens is 278 g/mol. The topological polar surface area (TPSA) is 79.5 Å². The number of hydrogen-bond acceptors (Lipinski definition) is 4. The van der Waals surface area contributed by atoms with Crippen molar-refractivity contribution in [3.8, 4) is 0 Å². The number of nitrogens with one attached hydrogen (secondary N) is 1. The number of carboxylic acid groups (broad SMARTS) is 1. The van der Waals surface area contributed by atoms with Crippen molar-refractivity contribution in [3.05, 3.63) is 40.2 Å². The third-order valence-corrected chi connectivity index (χ3v) is 4.10. The summed E-state index contributed by atoms with van der Waals surface area (Å²) in [6, 6.07) is 3.18. The van der Waals surface area contributed by atoms with Crippen LogP contribution >= 0.6 is 11.3 Å². The van der Waals surface area contributed by atoms with Crippen LogP contribution in [0.15, 0.2) is 22.8 Å². The summed E-state index contributed by atoms with van der Waals surface area (Å²) in [6.07, 6.45) is 2.79. The van der Waals surface area contributed by atoms with E-state index in [1.165, 1.54) is 17.6 Å². The maximum Gasteiger partial charge on any atom is 0.338 e. The summed E-state index contributed by atoms with van der Waals surface area (Å²) < 4.78 is 5.20. The van der Waals surface area contributed by atoms with Crippen LogP contribution in [0.2, 0.25) is 0 Å². The Kier molecular flexibility index (Phi) is 4.24.